The fourth-order valence-corrected chi connectivity index (χ4v) is 2.91. The van der Waals surface area contributed by atoms with Crippen LogP contribution in [0.4, 0.5) is 0 Å². The number of carbonyl (C=O) groups is 2. The van der Waals surface area contributed by atoms with E-state index < -0.39 is 12.1 Å². The van der Waals surface area contributed by atoms with Gasteiger partial charge in [-0.25, -0.2) is 4.79 Å². The van der Waals surface area contributed by atoms with Crippen LogP contribution in [0.2, 0.25) is 0 Å². The van der Waals surface area contributed by atoms with Gasteiger partial charge in [0.05, 0.1) is 7.11 Å². The molecule has 1 aliphatic rings. The topological polar surface area (TPSA) is 73.9 Å². The molecule has 1 fully saturated rings. The molecule has 0 radical (unpaired) electrons. The smallest absolute Gasteiger partial charge is 0.344 e. The minimum atomic E-state index is -0.842. The van der Waals surface area contributed by atoms with Crippen LogP contribution in [0.3, 0.4) is 0 Å². The van der Waals surface area contributed by atoms with Gasteiger partial charge in [0.1, 0.15) is 0 Å². The highest BCUT2D eigenvalue weighted by atomic mass is 16.6. The molecular formula is C20H27NO5. The zero-order valence-corrected chi connectivity index (χ0v) is 15.6. The van der Waals surface area contributed by atoms with Gasteiger partial charge in [-0.1, -0.05) is 31.1 Å². The Labute approximate surface area is 154 Å². The van der Waals surface area contributed by atoms with Crippen molar-refractivity contribution in [2.75, 3.05) is 13.7 Å². The van der Waals surface area contributed by atoms with E-state index in [1.165, 1.54) is 7.11 Å². The molecule has 1 aliphatic carbocycles. The van der Waals surface area contributed by atoms with Gasteiger partial charge >= 0.3 is 5.97 Å². The fourth-order valence-electron chi connectivity index (χ4n) is 2.91. The van der Waals surface area contributed by atoms with Gasteiger partial charge < -0.3 is 19.5 Å². The molecule has 1 aromatic carbocycles. The first kappa shape index (κ1) is 19.8. The molecule has 1 unspecified atom stereocenters. The Morgan fingerprint density at radius 3 is 2.65 bits per heavy atom. The molecule has 0 heterocycles. The highest BCUT2D eigenvalue weighted by Gasteiger charge is 2.23. The minimum absolute atomic E-state index is 0.194. The first-order valence-electron chi connectivity index (χ1n) is 8.97. The summed E-state index contributed by atoms with van der Waals surface area (Å²) in [7, 11) is 1.54. The van der Waals surface area contributed by atoms with Crippen LogP contribution in [0.1, 0.15) is 45.1 Å². The summed E-state index contributed by atoms with van der Waals surface area (Å²) in [6.45, 7) is 3.20. The van der Waals surface area contributed by atoms with E-state index in [-0.39, 0.29) is 18.6 Å². The Bertz CT molecular complexity index is 650. The summed E-state index contributed by atoms with van der Waals surface area (Å²) in [6.07, 6.45) is 7.24. The van der Waals surface area contributed by atoms with Crippen LogP contribution in [-0.2, 0) is 14.3 Å². The molecule has 0 spiro atoms. The number of carbonyl (C=O) groups excluding carboxylic acids is 2. The van der Waals surface area contributed by atoms with Crippen LogP contribution in [0.25, 0.3) is 6.08 Å². The number of hydrogen-bond donors (Lipinski definition) is 1. The molecule has 6 heteroatoms. The maximum atomic E-state index is 12.1. The van der Waals surface area contributed by atoms with Gasteiger partial charge in [0, 0.05) is 6.04 Å². The van der Waals surface area contributed by atoms with E-state index in [0.717, 1.165) is 31.2 Å². The summed E-state index contributed by atoms with van der Waals surface area (Å²) in [5.41, 5.74) is 0.969. The lowest BCUT2D eigenvalue weighted by atomic mass is 10.2. The Morgan fingerprint density at radius 1 is 1.27 bits per heavy atom. The quantitative estimate of drug-likeness (QED) is 0.720. The average Bonchev–Trinajstić information content (AvgIpc) is 3.13. The maximum Gasteiger partial charge on any atom is 0.344 e. The summed E-state index contributed by atoms with van der Waals surface area (Å²) in [4.78, 5) is 24.0. The molecule has 1 atom stereocenters. The lowest BCUT2D eigenvalue weighted by molar-refractivity contribution is -0.156. The van der Waals surface area contributed by atoms with Crippen LogP contribution >= 0.6 is 0 Å². The molecule has 1 N–H and O–H groups in total. The Balaban J connectivity index is 1.83. The fraction of sp³-hybridized carbons (Fsp3) is 0.500. The van der Waals surface area contributed by atoms with Gasteiger partial charge in [-0.2, -0.15) is 0 Å². The van der Waals surface area contributed by atoms with Crippen LogP contribution in [-0.4, -0.2) is 37.7 Å². The second-order valence-corrected chi connectivity index (χ2v) is 6.32. The Kier molecular flexibility index (Phi) is 7.51. The summed E-state index contributed by atoms with van der Waals surface area (Å²) in [6, 6.07) is 5.61. The van der Waals surface area contributed by atoms with Gasteiger partial charge in [0.2, 0.25) is 0 Å². The zero-order valence-electron chi connectivity index (χ0n) is 15.6. The van der Waals surface area contributed by atoms with Crippen LogP contribution < -0.4 is 14.8 Å². The molecule has 0 aliphatic heterocycles. The number of hydrogen-bond acceptors (Lipinski definition) is 5. The minimum Gasteiger partial charge on any atom is -0.493 e. The van der Waals surface area contributed by atoms with Gasteiger partial charge in [-0.15, -0.1) is 0 Å². The number of rotatable bonds is 8. The largest absolute Gasteiger partial charge is 0.493 e. The van der Waals surface area contributed by atoms with Gasteiger partial charge in [-0.3, -0.25) is 4.79 Å². The molecule has 1 amide bonds. The molecular weight excluding hydrogens is 334 g/mol. The molecule has 2 rings (SSSR count). The second-order valence-electron chi connectivity index (χ2n) is 6.32. The highest BCUT2D eigenvalue weighted by Crippen LogP contribution is 2.28. The van der Waals surface area contributed by atoms with Crippen molar-refractivity contribution in [3.8, 4) is 11.5 Å². The maximum absolute atomic E-state index is 12.1. The molecule has 1 aromatic rings. The van der Waals surface area contributed by atoms with Crippen molar-refractivity contribution in [1.82, 2.24) is 5.32 Å². The van der Waals surface area contributed by atoms with Crippen LogP contribution in [0, 0.1) is 0 Å². The van der Waals surface area contributed by atoms with E-state index in [2.05, 4.69) is 5.32 Å². The number of amides is 1. The molecule has 1 saturated carbocycles. The summed E-state index contributed by atoms with van der Waals surface area (Å²) < 4.78 is 15.9. The molecule has 142 valence electrons. The second kappa shape index (κ2) is 9.85. The first-order chi connectivity index (χ1) is 12.5. The molecule has 0 aromatic heterocycles. The van der Waals surface area contributed by atoms with Crippen molar-refractivity contribution < 1.29 is 23.8 Å². The SMILES string of the molecule is C/C=C/c1ccc(OCC(=O)OC(C)C(=O)NC2CCCC2)c(OC)c1. The standard InChI is InChI=1S/C20H27NO5/c1-4-7-15-10-11-17(18(12-15)24-3)25-13-19(22)26-14(2)20(23)21-16-8-5-6-9-16/h4,7,10-12,14,16H,5-6,8-9,13H2,1-3H3,(H,21,23)/b7-4+. The van der Waals surface area contributed by atoms with Gasteiger partial charge in [-0.05, 0) is 44.4 Å². The van der Waals surface area contributed by atoms with E-state index >= 15 is 0 Å². The highest BCUT2D eigenvalue weighted by molar-refractivity contribution is 5.84. The Morgan fingerprint density at radius 2 is 2.00 bits per heavy atom. The number of nitrogens with one attached hydrogen (secondary N) is 1. The number of ether oxygens (including phenoxy) is 3. The third-order valence-electron chi connectivity index (χ3n) is 4.27. The average molecular weight is 361 g/mol. The van der Waals surface area contributed by atoms with Crippen LogP contribution in [0.15, 0.2) is 24.3 Å². The van der Waals surface area contributed by atoms with E-state index in [9.17, 15) is 9.59 Å². The van der Waals surface area contributed by atoms with Crippen molar-refractivity contribution >= 4 is 18.0 Å². The summed E-state index contributed by atoms with van der Waals surface area (Å²) in [5, 5.41) is 2.91. The van der Waals surface area contributed by atoms with Crippen molar-refractivity contribution in [2.24, 2.45) is 0 Å². The van der Waals surface area contributed by atoms with Crippen molar-refractivity contribution in [3.63, 3.8) is 0 Å². The van der Waals surface area contributed by atoms with Gasteiger partial charge in [0.25, 0.3) is 5.91 Å². The predicted octanol–water partition coefficient (Wildman–Crippen LogP) is 3.10. The van der Waals surface area contributed by atoms with Crippen molar-refractivity contribution in [1.29, 1.82) is 0 Å². The third kappa shape index (κ3) is 5.79. The summed E-state index contributed by atoms with van der Waals surface area (Å²) in [5.74, 6) is 0.110. The third-order valence-corrected chi connectivity index (χ3v) is 4.27. The normalized spacial score (nSPS) is 15.7. The molecule has 0 bridgehead atoms. The van der Waals surface area contributed by atoms with E-state index in [0.29, 0.717) is 11.5 Å². The van der Waals surface area contributed by atoms with E-state index in [4.69, 9.17) is 14.2 Å². The van der Waals surface area contributed by atoms with E-state index in [1.807, 2.05) is 31.2 Å². The van der Waals surface area contributed by atoms with Crippen molar-refractivity contribution in [3.05, 3.63) is 29.8 Å². The number of esters is 1. The summed E-state index contributed by atoms with van der Waals surface area (Å²) >= 11 is 0. The van der Waals surface area contributed by atoms with Crippen molar-refractivity contribution in [2.45, 2.75) is 51.7 Å². The Hall–Kier alpha value is -2.50. The van der Waals surface area contributed by atoms with Crippen LogP contribution in [0.5, 0.6) is 11.5 Å². The van der Waals surface area contributed by atoms with Gasteiger partial charge in [0.15, 0.2) is 24.2 Å². The van der Waals surface area contributed by atoms with E-state index in [1.54, 1.807) is 13.0 Å². The lowest BCUT2D eigenvalue weighted by Gasteiger charge is -2.17. The number of allylic oxidation sites excluding steroid dienone is 1. The number of benzene rings is 1. The zero-order chi connectivity index (χ0) is 18.9. The molecule has 0 saturated heterocycles. The lowest BCUT2D eigenvalue weighted by Crippen LogP contribution is -2.41. The molecule has 26 heavy (non-hydrogen) atoms. The number of methoxy groups -OCH3 is 1. The first-order valence-corrected chi connectivity index (χ1v) is 8.97. The monoisotopic (exact) mass is 361 g/mol. The molecule has 6 nitrogen and oxygen atoms in total. The predicted molar refractivity (Wildman–Crippen MR) is 99.1 cm³/mol.